The second kappa shape index (κ2) is 8.12. The van der Waals surface area contributed by atoms with Crippen molar-refractivity contribution in [3.8, 4) is 0 Å². The van der Waals surface area contributed by atoms with Gasteiger partial charge in [-0.2, -0.15) is 8.42 Å². The van der Waals surface area contributed by atoms with E-state index in [9.17, 15) is 23.7 Å². The predicted molar refractivity (Wildman–Crippen MR) is 83.6 cm³/mol. The lowest BCUT2D eigenvalue weighted by molar-refractivity contribution is -0.329. The monoisotopic (exact) mass is 416 g/mol. The number of ether oxygens (including phenoxy) is 5. The number of aliphatic hydroxyl groups is 3. The molecule has 0 radical (unpaired) electrons. The summed E-state index contributed by atoms with van der Waals surface area (Å²) in [5.41, 5.74) is 0. The summed E-state index contributed by atoms with van der Waals surface area (Å²) in [6.07, 6.45) is -9.58. The van der Waals surface area contributed by atoms with Crippen LogP contribution in [-0.4, -0.2) is 104 Å². The van der Waals surface area contributed by atoms with Crippen molar-refractivity contribution < 1.29 is 56.2 Å². The van der Waals surface area contributed by atoms with E-state index in [1.54, 1.807) is 6.92 Å². The highest BCUT2D eigenvalue weighted by Crippen LogP contribution is 2.37. The lowest BCUT2D eigenvalue weighted by Gasteiger charge is -2.44. The van der Waals surface area contributed by atoms with Crippen LogP contribution in [-0.2, 0) is 38.3 Å². The third kappa shape index (κ3) is 4.28. The minimum atomic E-state index is -4.83. The van der Waals surface area contributed by atoms with Gasteiger partial charge in [-0.1, -0.05) is 6.92 Å². The summed E-state index contributed by atoms with van der Waals surface area (Å²) in [6.45, 7) is 1.12. The van der Waals surface area contributed by atoms with E-state index < -0.39 is 78.2 Å². The zero-order chi connectivity index (χ0) is 19.9. The Balaban J connectivity index is 1.76. The molecule has 12 nitrogen and oxygen atoms in total. The van der Waals surface area contributed by atoms with E-state index in [0.29, 0.717) is 0 Å². The van der Waals surface area contributed by atoms with E-state index in [1.807, 2.05) is 0 Å². The Morgan fingerprint density at radius 3 is 2.41 bits per heavy atom. The first kappa shape index (κ1) is 21.3. The standard InChI is InChI=1S/C14H24O12S/c1-5-8(16)6(3-15)23-13(9(5)17)25-10-7-4-22-11(10)12(14(21-2)24-7)26-27(18,19)20/h5-17H,3-4H2,1-2H3,(H,18,19,20)/t5-,6?,7?,8+,9-,10-,11+,12?,13?,14-/m0/s1. The Morgan fingerprint density at radius 1 is 1.11 bits per heavy atom. The first-order valence-electron chi connectivity index (χ1n) is 8.39. The van der Waals surface area contributed by atoms with Crippen LogP contribution < -0.4 is 0 Å². The zero-order valence-corrected chi connectivity index (χ0v) is 15.5. The largest absolute Gasteiger partial charge is 0.397 e. The summed E-state index contributed by atoms with van der Waals surface area (Å²) in [6, 6.07) is 0. The van der Waals surface area contributed by atoms with Crippen molar-refractivity contribution in [2.45, 2.75) is 62.2 Å². The van der Waals surface area contributed by atoms with Gasteiger partial charge in [0.2, 0.25) is 0 Å². The second-order valence-corrected chi connectivity index (χ2v) is 7.78. The first-order chi connectivity index (χ1) is 12.7. The fourth-order valence-electron chi connectivity index (χ4n) is 3.55. The maximum absolute atomic E-state index is 11.2. The zero-order valence-electron chi connectivity index (χ0n) is 14.7. The molecule has 27 heavy (non-hydrogen) atoms. The Bertz CT molecular complexity index is 611. The maximum Gasteiger partial charge on any atom is 0.397 e. The van der Waals surface area contributed by atoms with Crippen LogP contribution in [0, 0.1) is 5.92 Å². The third-order valence-corrected chi connectivity index (χ3v) is 5.49. The molecule has 3 heterocycles. The molecule has 0 aromatic heterocycles. The fraction of sp³-hybridized carbons (Fsp3) is 1.00. The molecule has 3 saturated heterocycles. The average molecular weight is 416 g/mol. The molecule has 3 aliphatic heterocycles. The highest BCUT2D eigenvalue weighted by molar-refractivity contribution is 7.80. The van der Waals surface area contributed by atoms with E-state index in [1.165, 1.54) is 7.11 Å². The molecular formula is C14H24O12S. The Morgan fingerprint density at radius 2 is 1.81 bits per heavy atom. The molecule has 3 rings (SSSR count). The SMILES string of the molecule is CO[C@H]1OC2CO[C@@H](C1OS(=O)(=O)O)[C@H]2OC1OC(CO)[C@H](O)[C@H](C)[C@@H]1O. The molecule has 158 valence electrons. The molecule has 13 heteroatoms. The van der Waals surface area contributed by atoms with Crippen LogP contribution in [0.5, 0.6) is 0 Å². The third-order valence-electron chi connectivity index (χ3n) is 5.03. The number of hydrogen-bond acceptors (Lipinski definition) is 11. The molecule has 0 aliphatic carbocycles. The maximum atomic E-state index is 11.2. The van der Waals surface area contributed by atoms with Crippen LogP contribution in [0.25, 0.3) is 0 Å². The van der Waals surface area contributed by atoms with Gasteiger partial charge in [0, 0.05) is 13.0 Å². The predicted octanol–water partition coefficient (Wildman–Crippen LogP) is -2.60. The van der Waals surface area contributed by atoms with Crippen LogP contribution >= 0.6 is 0 Å². The highest BCUT2D eigenvalue weighted by Gasteiger charge is 2.56. The van der Waals surface area contributed by atoms with Crippen molar-refractivity contribution >= 4 is 10.4 Å². The van der Waals surface area contributed by atoms with Crippen molar-refractivity contribution in [2.75, 3.05) is 20.3 Å². The van der Waals surface area contributed by atoms with Crippen molar-refractivity contribution in [1.29, 1.82) is 0 Å². The van der Waals surface area contributed by atoms with Crippen molar-refractivity contribution in [1.82, 2.24) is 0 Å². The smallest absolute Gasteiger partial charge is 0.394 e. The van der Waals surface area contributed by atoms with Crippen LogP contribution in [0.2, 0.25) is 0 Å². The van der Waals surface area contributed by atoms with Gasteiger partial charge in [-0.05, 0) is 0 Å². The van der Waals surface area contributed by atoms with Gasteiger partial charge in [-0.25, -0.2) is 4.18 Å². The number of aliphatic hydroxyl groups excluding tert-OH is 3. The molecule has 2 bridgehead atoms. The van der Waals surface area contributed by atoms with Gasteiger partial charge in [0.15, 0.2) is 18.7 Å². The highest BCUT2D eigenvalue weighted by atomic mass is 32.3. The van der Waals surface area contributed by atoms with Crippen LogP contribution in [0.4, 0.5) is 0 Å². The number of fused-ring (bicyclic) bond motifs is 2. The minimum absolute atomic E-state index is 0.0327. The van der Waals surface area contributed by atoms with E-state index in [4.69, 9.17) is 28.2 Å². The quantitative estimate of drug-likeness (QED) is 0.334. The average Bonchev–Trinajstić information content (AvgIpc) is 2.90. The van der Waals surface area contributed by atoms with Gasteiger partial charge in [0.1, 0.15) is 30.5 Å². The molecule has 10 atom stereocenters. The second-order valence-electron chi connectivity index (χ2n) is 6.73. The summed E-state index contributed by atoms with van der Waals surface area (Å²) >= 11 is 0. The van der Waals surface area contributed by atoms with Gasteiger partial charge < -0.3 is 39.0 Å². The lowest BCUT2D eigenvalue weighted by Crippen LogP contribution is -2.60. The van der Waals surface area contributed by atoms with E-state index in [-0.39, 0.29) is 6.61 Å². The molecular weight excluding hydrogens is 392 g/mol. The normalized spacial score (nSPS) is 47.9. The van der Waals surface area contributed by atoms with Crippen molar-refractivity contribution in [2.24, 2.45) is 5.92 Å². The summed E-state index contributed by atoms with van der Waals surface area (Å²) in [5.74, 6) is -0.652. The minimum Gasteiger partial charge on any atom is -0.394 e. The van der Waals surface area contributed by atoms with Gasteiger partial charge in [0.25, 0.3) is 0 Å². The molecule has 3 aliphatic rings. The van der Waals surface area contributed by atoms with E-state index in [0.717, 1.165) is 0 Å². The molecule has 0 spiro atoms. The molecule has 0 amide bonds. The van der Waals surface area contributed by atoms with Crippen LogP contribution in [0.1, 0.15) is 6.92 Å². The first-order valence-corrected chi connectivity index (χ1v) is 9.76. The number of rotatable bonds is 6. The molecule has 0 saturated carbocycles. The lowest BCUT2D eigenvalue weighted by atomic mass is 9.90. The van der Waals surface area contributed by atoms with Gasteiger partial charge in [-0.15, -0.1) is 0 Å². The summed E-state index contributed by atoms with van der Waals surface area (Å²) < 4.78 is 63.2. The number of hydrogen-bond donors (Lipinski definition) is 4. The molecule has 3 fully saturated rings. The summed E-state index contributed by atoms with van der Waals surface area (Å²) in [7, 11) is -3.56. The van der Waals surface area contributed by atoms with Gasteiger partial charge >= 0.3 is 10.4 Å². The van der Waals surface area contributed by atoms with Crippen LogP contribution in [0.15, 0.2) is 0 Å². The molecule has 0 aromatic rings. The Labute approximate surface area is 155 Å². The molecule has 4 unspecified atom stereocenters. The van der Waals surface area contributed by atoms with Crippen molar-refractivity contribution in [3.05, 3.63) is 0 Å². The number of methoxy groups -OCH3 is 1. The topological polar surface area (TPSA) is 170 Å². The molecule has 4 N–H and O–H groups in total. The fourth-order valence-corrected chi connectivity index (χ4v) is 4.03. The Hall–Kier alpha value is -0.450. The van der Waals surface area contributed by atoms with Crippen LogP contribution in [0.3, 0.4) is 0 Å². The summed E-state index contributed by atoms with van der Waals surface area (Å²) in [5, 5.41) is 29.7. The van der Waals surface area contributed by atoms with E-state index in [2.05, 4.69) is 4.18 Å². The van der Waals surface area contributed by atoms with Gasteiger partial charge in [-0.3, -0.25) is 4.55 Å². The summed E-state index contributed by atoms with van der Waals surface area (Å²) in [4.78, 5) is 0. The molecule has 0 aromatic carbocycles. The van der Waals surface area contributed by atoms with Crippen molar-refractivity contribution in [3.63, 3.8) is 0 Å². The van der Waals surface area contributed by atoms with E-state index >= 15 is 0 Å². The Kier molecular flexibility index (Phi) is 6.39. The van der Waals surface area contributed by atoms with Gasteiger partial charge in [0.05, 0.1) is 19.3 Å².